The fourth-order valence-corrected chi connectivity index (χ4v) is 2.46. The first kappa shape index (κ1) is 20.0. The molecular formula is C15H24Cl2N2O2. The summed E-state index contributed by atoms with van der Waals surface area (Å²) < 4.78 is 5.29. The average molecular weight is 335 g/mol. The molecule has 0 aliphatic carbocycles. The molecule has 0 saturated carbocycles. The lowest BCUT2D eigenvalue weighted by atomic mass is 9.95. The van der Waals surface area contributed by atoms with E-state index < -0.39 is 5.54 Å². The number of likely N-dealkylation sites (N-methyl/N-ethyl adjacent to an activating group) is 1. The van der Waals surface area contributed by atoms with E-state index in [1.54, 1.807) is 44.2 Å². The van der Waals surface area contributed by atoms with Gasteiger partial charge in [0.25, 0.3) is 0 Å². The molecule has 0 saturated heterocycles. The molecule has 4 nitrogen and oxygen atoms in total. The third-order valence-corrected chi connectivity index (χ3v) is 3.49. The van der Waals surface area contributed by atoms with Crippen molar-refractivity contribution in [2.24, 2.45) is 5.73 Å². The average Bonchev–Trinajstić information content (AvgIpc) is 2.38. The Hall–Kier alpha value is -0.970. The summed E-state index contributed by atoms with van der Waals surface area (Å²) in [7, 11) is 3.34. The zero-order valence-corrected chi connectivity index (χ0v) is 14.6. The van der Waals surface area contributed by atoms with Crippen molar-refractivity contribution < 1.29 is 9.53 Å². The predicted octanol–water partition coefficient (Wildman–Crippen LogP) is 3.25. The minimum atomic E-state index is -0.838. The van der Waals surface area contributed by atoms with Gasteiger partial charge in [0.15, 0.2) is 0 Å². The number of ether oxygens (including phenoxy) is 1. The Balaban J connectivity index is 0.00000400. The summed E-state index contributed by atoms with van der Waals surface area (Å²) in [5.41, 5.74) is 6.10. The number of hydrogen-bond acceptors (Lipinski definition) is 3. The van der Waals surface area contributed by atoms with Crippen LogP contribution in [0.15, 0.2) is 18.2 Å². The molecule has 1 amide bonds. The molecule has 1 aromatic carbocycles. The quantitative estimate of drug-likeness (QED) is 0.868. The highest BCUT2D eigenvalue weighted by atomic mass is 35.5. The van der Waals surface area contributed by atoms with Gasteiger partial charge in [-0.15, -0.1) is 12.4 Å². The maximum Gasteiger partial charge on any atom is 0.242 e. The summed E-state index contributed by atoms with van der Waals surface area (Å²) in [4.78, 5) is 14.0. The first-order chi connectivity index (χ1) is 9.31. The van der Waals surface area contributed by atoms with Gasteiger partial charge < -0.3 is 15.4 Å². The van der Waals surface area contributed by atoms with Gasteiger partial charge in [-0.1, -0.05) is 24.9 Å². The zero-order chi connectivity index (χ0) is 15.3. The third kappa shape index (κ3) is 5.38. The van der Waals surface area contributed by atoms with Crippen molar-refractivity contribution in [1.82, 2.24) is 4.90 Å². The van der Waals surface area contributed by atoms with Crippen LogP contribution in [0.25, 0.3) is 0 Å². The SMILES string of the molecule is CCCC(C)(N)C(=O)N(C)Cc1cc(Cl)ccc1OC.Cl. The Bertz CT molecular complexity index is 479. The number of nitrogens with two attached hydrogens (primary N) is 1. The number of amides is 1. The van der Waals surface area contributed by atoms with Gasteiger partial charge in [-0.2, -0.15) is 0 Å². The molecular weight excluding hydrogens is 311 g/mol. The normalized spacial score (nSPS) is 13.0. The molecule has 0 radical (unpaired) electrons. The van der Waals surface area contributed by atoms with E-state index in [0.29, 0.717) is 23.7 Å². The van der Waals surface area contributed by atoms with Gasteiger partial charge in [0.2, 0.25) is 5.91 Å². The van der Waals surface area contributed by atoms with E-state index in [-0.39, 0.29) is 18.3 Å². The number of rotatable bonds is 6. The zero-order valence-electron chi connectivity index (χ0n) is 13.0. The monoisotopic (exact) mass is 334 g/mol. The van der Waals surface area contributed by atoms with E-state index in [2.05, 4.69) is 0 Å². The van der Waals surface area contributed by atoms with Crippen molar-refractivity contribution in [2.75, 3.05) is 14.2 Å². The number of hydrogen-bond donors (Lipinski definition) is 1. The molecule has 0 heterocycles. The fourth-order valence-electron chi connectivity index (χ4n) is 2.26. The highest BCUT2D eigenvalue weighted by Gasteiger charge is 2.30. The predicted molar refractivity (Wildman–Crippen MR) is 89.2 cm³/mol. The van der Waals surface area contributed by atoms with Crippen molar-refractivity contribution in [2.45, 2.75) is 38.8 Å². The van der Waals surface area contributed by atoms with Crippen LogP contribution in [-0.4, -0.2) is 30.5 Å². The molecule has 2 N–H and O–H groups in total. The second-order valence-electron chi connectivity index (χ2n) is 5.28. The number of benzene rings is 1. The van der Waals surface area contributed by atoms with Crippen LogP contribution in [0.5, 0.6) is 5.75 Å². The minimum absolute atomic E-state index is 0. The molecule has 6 heteroatoms. The largest absolute Gasteiger partial charge is 0.496 e. The number of methoxy groups -OCH3 is 1. The molecule has 0 aromatic heterocycles. The molecule has 0 aliphatic heterocycles. The van der Waals surface area contributed by atoms with Crippen LogP contribution < -0.4 is 10.5 Å². The Kier molecular flexibility index (Phi) is 8.08. The number of nitrogens with zero attached hydrogens (tertiary/aromatic N) is 1. The third-order valence-electron chi connectivity index (χ3n) is 3.25. The second kappa shape index (κ2) is 8.47. The van der Waals surface area contributed by atoms with Crippen molar-refractivity contribution in [3.8, 4) is 5.75 Å². The number of halogens is 2. The van der Waals surface area contributed by atoms with Crippen LogP contribution in [0.4, 0.5) is 0 Å². The molecule has 1 aromatic rings. The second-order valence-corrected chi connectivity index (χ2v) is 5.72. The van der Waals surface area contributed by atoms with Gasteiger partial charge >= 0.3 is 0 Å². The van der Waals surface area contributed by atoms with E-state index in [4.69, 9.17) is 22.1 Å². The van der Waals surface area contributed by atoms with Gasteiger partial charge in [-0.3, -0.25) is 4.79 Å². The number of carbonyl (C=O) groups is 1. The summed E-state index contributed by atoms with van der Waals surface area (Å²) in [5.74, 6) is 0.629. The van der Waals surface area contributed by atoms with Crippen LogP contribution in [-0.2, 0) is 11.3 Å². The summed E-state index contributed by atoms with van der Waals surface area (Å²) >= 11 is 5.99. The van der Waals surface area contributed by atoms with Crippen LogP contribution in [0, 0.1) is 0 Å². The highest BCUT2D eigenvalue weighted by Crippen LogP contribution is 2.24. The van der Waals surface area contributed by atoms with Crippen LogP contribution in [0.3, 0.4) is 0 Å². The molecule has 0 spiro atoms. The van der Waals surface area contributed by atoms with Gasteiger partial charge in [0.1, 0.15) is 5.75 Å². The van der Waals surface area contributed by atoms with E-state index in [1.807, 2.05) is 6.92 Å². The smallest absolute Gasteiger partial charge is 0.242 e. The summed E-state index contributed by atoms with van der Waals surface area (Å²) in [6.45, 7) is 4.20. The minimum Gasteiger partial charge on any atom is -0.496 e. The van der Waals surface area contributed by atoms with Gasteiger partial charge in [0.05, 0.1) is 12.6 Å². The van der Waals surface area contributed by atoms with E-state index >= 15 is 0 Å². The van der Waals surface area contributed by atoms with Gasteiger partial charge in [-0.25, -0.2) is 0 Å². The highest BCUT2D eigenvalue weighted by molar-refractivity contribution is 6.30. The molecule has 0 bridgehead atoms. The topological polar surface area (TPSA) is 55.6 Å². The maximum atomic E-state index is 12.4. The first-order valence-electron chi connectivity index (χ1n) is 6.68. The summed E-state index contributed by atoms with van der Waals surface area (Å²) in [6, 6.07) is 5.36. The Labute approximate surface area is 138 Å². The van der Waals surface area contributed by atoms with Crippen LogP contribution in [0.1, 0.15) is 32.3 Å². The van der Waals surface area contributed by atoms with Crippen LogP contribution >= 0.6 is 24.0 Å². The first-order valence-corrected chi connectivity index (χ1v) is 7.06. The van der Waals surface area contributed by atoms with Crippen molar-refractivity contribution in [3.05, 3.63) is 28.8 Å². The number of carbonyl (C=O) groups excluding carboxylic acids is 1. The molecule has 1 unspecified atom stereocenters. The standard InChI is InChI=1S/C15H23ClN2O2.ClH/c1-5-8-15(2,17)14(19)18(3)10-11-9-12(16)6-7-13(11)20-4;/h6-7,9H,5,8,10,17H2,1-4H3;1H. The lowest BCUT2D eigenvalue weighted by molar-refractivity contribution is -0.135. The Morgan fingerprint density at radius 1 is 1.48 bits per heavy atom. The van der Waals surface area contributed by atoms with Crippen molar-refractivity contribution in [1.29, 1.82) is 0 Å². The summed E-state index contributed by atoms with van der Waals surface area (Å²) in [6.07, 6.45) is 1.52. The van der Waals surface area contributed by atoms with Gasteiger partial charge in [-0.05, 0) is 31.5 Å². The molecule has 1 rings (SSSR count). The molecule has 21 heavy (non-hydrogen) atoms. The Morgan fingerprint density at radius 2 is 2.10 bits per heavy atom. The molecule has 1 atom stereocenters. The summed E-state index contributed by atoms with van der Waals surface area (Å²) in [5, 5.41) is 0.616. The molecule has 0 aliphatic rings. The molecule has 0 fully saturated rings. The van der Waals surface area contributed by atoms with Crippen molar-refractivity contribution >= 4 is 29.9 Å². The van der Waals surface area contributed by atoms with Crippen molar-refractivity contribution in [3.63, 3.8) is 0 Å². The maximum absolute atomic E-state index is 12.4. The lowest BCUT2D eigenvalue weighted by Crippen LogP contribution is -2.51. The molecule has 120 valence electrons. The van der Waals surface area contributed by atoms with Gasteiger partial charge in [0, 0.05) is 24.2 Å². The Morgan fingerprint density at radius 3 is 2.62 bits per heavy atom. The van der Waals surface area contributed by atoms with E-state index in [0.717, 1.165) is 12.0 Å². The fraction of sp³-hybridized carbons (Fsp3) is 0.533. The van der Waals surface area contributed by atoms with Crippen LogP contribution in [0.2, 0.25) is 5.02 Å². The lowest BCUT2D eigenvalue weighted by Gasteiger charge is -2.29. The van der Waals surface area contributed by atoms with E-state index in [9.17, 15) is 4.79 Å². The van der Waals surface area contributed by atoms with E-state index in [1.165, 1.54) is 0 Å².